The summed E-state index contributed by atoms with van der Waals surface area (Å²) in [5.74, 6) is -3.32. The van der Waals surface area contributed by atoms with Gasteiger partial charge in [-0.3, -0.25) is 4.79 Å². The Bertz CT molecular complexity index is 451. The summed E-state index contributed by atoms with van der Waals surface area (Å²) in [7, 11) is 0. The number of carbonyl (C=O) groups is 2. The summed E-state index contributed by atoms with van der Waals surface area (Å²) in [6.07, 6.45) is -1.69. The van der Waals surface area contributed by atoms with E-state index in [1.165, 1.54) is 0 Å². The van der Waals surface area contributed by atoms with Gasteiger partial charge in [0.25, 0.3) is 0 Å². The van der Waals surface area contributed by atoms with Crippen LogP contribution in [0.2, 0.25) is 0 Å². The molecule has 0 heterocycles. The van der Waals surface area contributed by atoms with Gasteiger partial charge in [-0.25, -0.2) is 4.79 Å². The zero-order valence-corrected chi connectivity index (χ0v) is 8.34. The number of hydrogen-bond acceptors (Lipinski definition) is 5. The SMILES string of the molecule is CC(=O)[C@@H](O)c1cc(O)cc(O)c1C(=O)O. The first-order valence-corrected chi connectivity index (χ1v) is 4.32. The molecule has 1 atom stereocenters. The fourth-order valence-corrected chi connectivity index (χ4v) is 1.30. The van der Waals surface area contributed by atoms with Crippen molar-refractivity contribution in [3.8, 4) is 11.5 Å². The van der Waals surface area contributed by atoms with Crippen molar-refractivity contribution >= 4 is 11.8 Å². The molecule has 6 nitrogen and oxygen atoms in total. The molecular weight excluding hydrogens is 216 g/mol. The third-order valence-electron chi connectivity index (χ3n) is 2.03. The van der Waals surface area contributed by atoms with Crippen molar-refractivity contribution in [2.75, 3.05) is 0 Å². The molecule has 0 aliphatic carbocycles. The normalized spacial score (nSPS) is 12.1. The lowest BCUT2D eigenvalue weighted by Crippen LogP contribution is -2.13. The van der Waals surface area contributed by atoms with Crippen LogP contribution in [0.3, 0.4) is 0 Å². The maximum Gasteiger partial charge on any atom is 0.339 e. The maximum absolute atomic E-state index is 10.9. The number of aliphatic hydroxyl groups is 1. The summed E-state index contributed by atoms with van der Waals surface area (Å²) >= 11 is 0. The Morgan fingerprint density at radius 3 is 2.25 bits per heavy atom. The predicted molar refractivity (Wildman–Crippen MR) is 52.4 cm³/mol. The molecular formula is C10H10O6. The number of aliphatic hydroxyl groups excluding tert-OH is 1. The highest BCUT2D eigenvalue weighted by Crippen LogP contribution is 2.31. The fraction of sp³-hybridized carbons (Fsp3) is 0.200. The quantitative estimate of drug-likeness (QED) is 0.593. The highest BCUT2D eigenvalue weighted by Gasteiger charge is 2.24. The number of benzene rings is 1. The number of aromatic carboxylic acids is 1. The molecule has 0 fully saturated rings. The number of carbonyl (C=O) groups excluding carboxylic acids is 1. The van der Waals surface area contributed by atoms with E-state index in [1.54, 1.807) is 0 Å². The lowest BCUT2D eigenvalue weighted by molar-refractivity contribution is -0.125. The molecule has 0 unspecified atom stereocenters. The van der Waals surface area contributed by atoms with Crippen LogP contribution in [0.1, 0.15) is 28.9 Å². The molecule has 0 aliphatic heterocycles. The van der Waals surface area contributed by atoms with Gasteiger partial charge in [-0.05, 0) is 13.0 Å². The van der Waals surface area contributed by atoms with Gasteiger partial charge in [0.1, 0.15) is 23.2 Å². The van der Waals surface area contributed by atoms with Gasteiger partial charge in [0.2, 0.25) is 0 Å². The molecule has 0 amide bonds. The summed E-state index contributed by atoms with van der Waals surface area (Å²) < 4.78 is 0. The fourth-order valence-electron chi connectivity index (χ4n) is 1.30. The van der Waals surface area contributed by atoms with Crippen LogP contribution in [0, 0.1) is 0 Å². The van der Waals surface area contributed by atoms with Crippen LogP contribution >= 0.6 is 0 Å². The third kappa shape index (κ3) is 2.12. The van der Waals surface area contributed by atoms with Crippen molar-refractivity contribution in [3.63, 3.8) is 0 Å². The van der Waals surface area contributed by atoms with Gasteiger partial charge >= 0.3 is 5.97 Å². The summed E-state index contributed by atoms with van der Waals surface area (Å²) in [5.41, 5.74) is -0.932. The van der Waals surface area contributed by atoms with Gasteiger partial charge in [-0.2, -0.15) is 0 Å². The Kier molecular flexibility index (Phi) is 3.14. The van der Waals surface area contributed by atoms with Gasteiger partial charge in [-0.1, -0.05) is 0 Å². The molecule has 16 heavy (non-hydrogen) atoms. The maximum atomic E-state index is 10.9. The first-order valence-electron chi connectivity index (χ1n) is 4.32. The number of aromatic hydroxyl groups is 2. The summed E-state index contributed by atoms with van der Waals surface area (Å²) in [6, 6.07) is 1.75. The number of phenolic OH excluding ortho intramolecular Hbond substituents is 1. The van der Waals surface area contributed by atoms with E-state index in [1.807, 2.05) is 0 Å². The van der Waals surface area contributed by atoms with Crippen LogP contribution in [-0.4, -0.2) is 32.2 Å². The number of hydrogen-bond donors (Lipinski definition) is 4. The van der Waals surface area contributed by atoms with E-state index in [4.69, 9.17) is 10.2 Å². The van der Waals surface area contributed by atoms with Gasteiger partial charge < -0.3 is 20.4 Å². The van der Waals surface area contributed by atoms with E-state index >= 15 is 0 Å². The van der Waals surface area contributed by atoms with Gasteiger partial charge in [0.15, 0.2) is 5.78 Å². The standard InChI is InChI=1S/C10H10O6/c1-4(11)9(14)6-2-5(12)3-7(13)8(6)10(15)16/h2-3,9,12-14H,1H3,(H,15,16)/t9-/m1/s1. The highest BCUT2D eigenvalue weighted by atomic mass is 16.4. The predicted octanol–water partition coefficient (Wildman–Crippen LogP) is 0.418. The van der Waals surface area contributed by atoms with Gasteiger partial charge in [0, 0.05) is 11.6 Å². The lowest BCUT2D eigenvalue weighted by Gasteiger charge is -2.12. The van der Waals surface area contributed by atoms with Crippen LogP contribution in [0.15, 0.2) is 12.1 Å². The number of Topliss-reactive ketones (excluding diaryl/α,β-unsaturated/α-hetero) is 1. The smallest absolute Gasteiger partial charge is 0.339 e. The number of carboxylic acid groups (broad SMARTS) is 1. The van der Waals surface area contributed by atoms with E-state index in [-0.39, 0.29) is 5.56 Å². The van der Waals surface area contributed by atoms with Crippen molar-refractivity contribution in [1.29, 1.82) is 0 Å². The molecule has 4 N–H and O–H groups in total. The molecule has 1 rings (SSSR count). The van der Waals surface area contributed by atoms with Gasteiger partial charge in [0.05, 0.1) is 0 Å². The minimum atomic E-state index is -1.69. The summed E-state index contributed by atoms with van der Waals surface area (Å²) in [6.45, 7) is 1.07. The van der Waals surface area contributed by atoms with Crippen LogP contribution in [0.4, 0.5) is 0 Å². The minimum absolute atomic E-state index is 0.336. The topological polar surface area (TPSA) is 115 Å². The van der Waals surface area contributed by atoms with E-state index < -0.39 is 34.9 Å². The number of phenols is 2. The van der Waals surface area contributed by atoms with E-state index in [0.717, 1.165) is 19.1 Å². The van der Waals surface area contributed by atoms with Crippen molar-refractivity contribution in [2.45, 2.75) is 13.0 Å². The second kappa shape index (κ2) is 4.19. The summed E-state index contributed by atoms with van der Waals surface area (Å²) in [5, 5.41) is 36.7. The van der Waals surface area contributed by atoms with E-state index in [9.17, 15) is 19.8 Å². The molecule has 6 heteroatoms. The van der Waals surface area contributed by atoms with Crippen molar-refractivity contribution < 1.29 is 30.0 Å². The Labute approximate surface area is 90.4 Å². The second-order valence-corrected chi connectivity index (χ2v) is 3.25. The van der Waals surface area contributed by atoms with Crippen LogP contribution in [0.25, 0.3) is 0 Å². The molecule has 0 bridgehead atoms. The zero-order chi connectivity index (χ0) is 12.5. The molecule has 0 saturated heterocycles. The van der Waals surface area contributed by atoms with Gasteiger partial charge in [-0.15, -0.1) is 0 Å². The average Bonchev–Trinajstić information content (AvgIpc) is 2.14. The minimum Gasteiger partial charge on any atom is -0.508 e. The molecule has 0 spiro atoms. The molecule has 0 radical (unpaired) electrons. The van der Waals surface area contributed by atoms with Crippen molar-refractivity contribution in [3.05, 3.63) is 23.3 Å². The monoisotopic (exact) mass is 226 g/mol. The molecule has 0 saturated carbocycles. The molecule has 0 aromatic heterocycles. The first-order chi connectivity index (χ1) is 7.34. The van der Waals surface area contributed by atoms with Crippen molar-refractivity contribution in [2.24, 2.45) is 0 Å². The highest BCUT2D eigenvalue weighted by molar-refractivity contribution is 5.95. The lowest BCUT2D eigenvalue weighted by atomic mass is 9.98. The first kappa shape index (κ1) is 12.0. The Hall–Kier alpha value is -2.08. The Morgan fingerprint density at radius 2 is 1.81 bits per heavy atom. The van der Waals surface area contributed by atoms with E-state index in [2.05, 4.69) is 0 Å². The Morgan fingerprint density at radius 1 is 1.25 bits per heavy atom. The number of ketones is 1. The largest absolute Gasteiger partial charge is 0.508 e. The molecule has 86 valence electrons. The molecule has 1 aromatic carbocycles. The second-order valence-electron chi connectivity index (χ2n) is 3.25. The zero-order valence-electron chi connectivity index (χ0n) is 8.34. The van der Waals surface area contributed by atoms with Crippen molar-refractivity contribution in [1.82, 2.24) is 0 Å². The van der Waals surface area contributed by atoms with E-state index in [0.29, 0.717) is 0 Å². The van der Waals surface area contributed by atoms with Crippen LogP contribution in [-0.2, 0) is 4.79 Å². The number of rotatable bonds is 3. The summed E-state index contributed by atoms with van der Waals surface area (Å²) in [4.78, 5) is 21.8. The third-order valence-corrected chi connectivity index (χ3v) is 2.03. The number of carboxylic acids is 1. The Balaban J connectivity index is 3.46. The van der Waals surface area contributed by atoms with Crippen LogP contribution < -0.4 is 0 Å². The molecule has 0 aliphatic rings. The average molecular weight is 226 g/mol. The molecule has 1 aromatic rings. The van der Waals surface area contributed by atoms with Crippen LogP contribution in [0.5, 0.6) is 11.5 Å².